The first kappa shape index (κ1) is 20.0. The normalized spacial score (nSPS) is 11.5. The van der Waals surface area contributed by atoms with Crippen LogP contribution in [-0.4, -0.2) is 23.4 Å². The first-order valence-electron chi connectivity index (χ1n) is 8.84. The molecule has 8 nitrogen and oxygen atoms in total. The third kappa shape index (κ3) is 4.33. The van der Waals surface area contributed by atoms with Gasteiger partial charge in [-0.3, -0.25) is 0 Å². The van der Waals surface area contributed by atoms with Gasteiger partial charge in [0.05, 0.1) is 22.5 Å². The molecule has 2 aromatic carbocycles. The summed E-state index contributed by atoms with van der Waals surface area (Å²) in [5, 5.41) is 9.01. The number of nitrogens with one attached hydrogen (secondary N) is 1. The average Bonchev–Trinajstić information content (AvgIpc) is 2.71. The van der Waals surface area contributed by atoms with E-state index >= 15 is 0 Å². The Morgan fingerprint density at radius 3 is 2.37 bits per heavy atom. The van der Waals surface area contributed by atoms with Gasteiger partial charge in [0.15, 0.2) is 5.65 Å². The highest BCUT2D eigenvalue weighted by Gasteiger charge is 2.11. The van der Waals surface area contributed by atoms with Gasteiger partial charge in [-0.1, -0.05) is 35.9 Å². The quantitative estimate of drug-likeness (QED) is 0.433. The summed E-state index contributed by atoms with van der Waals surface area (Å²) in [5.41, 5.74) is 9.98. The Morgan fingerprint density at radius 1 is 1.00 bits per heavy atom. The number of hydrogen-bond acceptors (Lipinski definition) is 7. The van der Waals surface area contributed by atoms with Crippen LogP contribution >= 0.6 is 11.6 Å². The lowest BCUT2D eigenvalue weighted by atomic mass is 10.1. The van der Waals surface area contributed by atoms with Crippen LogP contribution in [-0.2, 0) is 16.6 Å². The third-order valence-electron chi connectivity index (χ3n) is 4.41. The molecule has 10 heteroatoms. The van der Waals surface area contributed by atoms with E-state index in [9.17, 15) is 8.42 Å². The summed E-state index contributed by atoms with van der Waals surface area (Å²) in [6.45, 7) is 0.421. The minimum absolute atomic E-state index is 0.0606. The molecule has 0 atom stereocenters. The minimum Gasteiger partial charge on any atom is -0.384 e. The largest absolute Gasteiger partial charge is 0.384 e. The topological polar surface area (TPSA) is 137 Å². The molecule has 30 heavy (non-hydrogen) atoms. The molecule has 2 aromatic heterocycles. The van der Waals surface area contributed by atoms with Crippen LogP contribution in [0.3, 0.4) is 0 Å². The summed E-state index contributed by atoms with van der Waals surface area (Å²) in [6.07, 6.45) is 1.66. The molecule has 152 valence electrons. The lowest BCUT2D eigenvalue weighted by Gasteiger charge is -2.11. The van der Waals surface area contributed by atoms with Crippen molar-refractivity contribution in [2.75, 3.05) is 11.1 Å². The molecule has 0 amide bonds. The Balaban J connectivity index is 1.62. The second-order valence-corrected chi connectivity index (χ2v) is 8.57. The molecule has 4 rings (SSSR count). The molecule has 0 unspecified atom stereocenters. The average molecular weight is 441 g/mol. The summed E-state index contributed by atoms with van der Waals surface area (Å²) < 4.78 is 22.7. The van der Waals surface area contributed by atoms with Crippen molar-refractivity contribution in [3.8, 4) is 11.3 Å². The molecule has 0 aliphatic rings. The van der Waals surface area contributed by atoms with E-state index in [2.05, 4.69) is 20.3 Å². The van der Waals surface area contributed by atoms with E-state index in [1.807, 2.05) is 12.1 Å². The highest BCUT2D eigenvalue weighted by Crippen LogP contribution is 2.25. The molecule has 5 N–H and O–H groups in total. The maximum atomic E-state index is 11.4. The summed E-state index contributed by atoms with van der Waals surface area (Å²) in [7, 11) is -3.72. The molecule has 4 aromatic rings. The molecule has 0 fully saturated rings. The van der Waals surface area contributed by atoms with Gasteiger partial charge in [0.2, 0.25) is 10.0 Å². The number of halogens is 1. The van der Waals surface area contributed by atoms with E-state index in [4.69, 9.17) is 22.5 Å². The lowest BCUT2D eigenvalue weighted by Crippen LogP contribution is -2.12. The zero-order valence-corrected chi connectivity index (χ0v) is 17.2. The summed E-state index contributed by atoms with van der Waals surface area (Å²) in [5.74, 6) is 0.303. The van der Waals surface area contributed by atoms with Gasteiger partial charge < -0.3 is 11.1 Å². The number of nitrogens with two attached hydrogens (primary N) is 2. The SMILES string of the molecule is Nc1cc(NCc2ccc(S(N)(=O)=O)cc2)c2ncc(-c3ccc(Cl)cc3)nc2n1. The van der Waals surface area contributed by atoms with Crippen molar-refractivity contribution in [1.82, 2.24) is 15.0 Å². The van der Waals surface area contributed by atoms with Crippen LogP contribution in [0.2, 0.25) is 5.02 Å². The summed E-state index contributed by atoms with van der Waals surface area (Å²) >= 11 is 5.94. The van der Waals surface area contributed by atoms with E-state index in [0.29, 0.717) is 39.9 Å². The van der Waals surface area contributed by atoms with Crippen molar-refractivity contribution in [1.29, 1.82) is 0 Å². The van der Waals surface area contributed by atoms with E-state index in [1.165, 1.54) is 12.1 Å². The first-order chi connectivity index (χ1) is 14.3. The van der Waals surface area contributed by atoms with Crippen molar-refractivity contribution in [3.05, 3.63) is 71.4 Å². The number of hydrogen-bond donors (Lipinski definition) is 3. The van der Waals surface area contributed by atoms with Crippen LogP contribution in [0.25, 0.3) is 22.4 Å². The molecule has 0 spiro atoms. The number of nitrogens with zero attached hydrogens (tertiary/aromatic N) is 3. The monoisotopic (exact) mass is 440 g/mol. The van der Waals surface area contributed by atoms with Crippen LogP contribution in [0.4, 0.5) is 11.5 Å². The maximum absolute atomic E-state index is 11.4. The van der Waals surface area contributed by atoms with Crippen LogP contribution in [0.1, 0.15) is 5.56 Å². The number of aromatic nitrogens is 3. The van der Waals surface area contributed by atoms with E-state index in [1.54, 1.807) is 36.5 Å². The maximum Gasteiger partial charge on any atom is 0.238 e. The fraction of sp³-hybridized carbons (Fsp3) is 0.0500. The highest BCUT2D eigenvalue weighted by molar-refractivity contribution is 7.89. The standard InChI is InChI=1S/C20H17ClN6O2S/c21-14-5-3-13(4-6-14)17-11-25-19-16(9-18(22)27-20(19)26-17)24-10-12-1-7-15(8-2-12)30(23,28)29/h1-9,11H,10H2,(H2,23,28,29)(H3,22,24,26,27). The third-order valence-corrected chi connectivity index (χ3v) is 5.59. The van der Waals surface area contributed by atoms with Gasteiger partial charge in [0.25, 0.3) is 0 Å². The summed E-state index contributed by atoms with van der Waals surface area (Å²) in [4.78, 5) is 13.4. The molecule has 2 heterocycles. The van der Waals surface area contributed by atoms with Gasteiger partial charge in [-0.2, -0.15) is 0 Å². The Hall–Kier alpha value is -3.27. The fourth-order valence-electron chi connectivity index (χ4n) is 2.91. The van der Waals surface area contributed by atoms with Gasteiger partial charge in [0, 0.05) is 23.2 Å². The van der Waals surface area contributed by atoms with Crippen LogP contribution in [0.15, 0.2) is 65.7 Å². The number of fused-ring (bicyclic) bond motifs is 1. The predicted octanol–water partition coefficient (Wildman–Crippen LogP) is 3.19. The summed E-state index contributed by atoms with van der Waals surface area (Å²) in [6, 6.07) is 15.2. The fourth-order valence-corrected chi connectivity index (χ4v) is 3.55. The molecule has 0 saturated heterocycles. The van der Waals surface area contributed by atoms with Crippen molar-refractivity contribution >= 4 is 44.3 Å². The van der Waals surface area contributed by atoms with E-state index < -0.39 is 10.0 Å². The Kier molecular flexibility index (Phi) is 5.25. The van der Waals surface area contributed by atoms with Crippen molar-refractivity contribution < 1.29 is 8.42 Å². The molecular weight excluding hydrogens is 424 g/mol. The van der Waals surface area contributed by atoms with Crippen LogP contribution < -0.4 is 16.2 Å². The van der Waals surface area contributed by atoms with Gasteiger partial charge in [-0.25, -0.2) is 28.5 Å². The second-order valence-electron chi connectivity index (χ2n) is 6.57. The molecular formula is C20H17ClN6O2S. The number of benzene rings is 2. The second kappa shape index (κ2) is 7.86. The number of anilines is 2. The number of nitrogen functional groups attached to an aromatic ring is 1. The zero-order valence-electron chi connectivity index (χ0n) is 15.6. The Labute approximate surface area is 178 Å². The van der Waals surface area contributed by atoms with Crippen molar-refractivity contribution in [2.45, 2.75) is 11.4 Å². The zero-order chi connectivity index (χ0) is 21.3. The van der Waals surface area contributed by atoms with Crippen LogP contribution in [0.5, 0.6) is 0 Å². The Morgan fingerprint density at radius 2 is 1.70 bits per heavy atom. The molecule has 0 aliphatic carbocycles. The van der Waals surface area contributed by atoms with Crippen molar-refractivity contribution in [3.63, 3.8) is 0 Å². The first-order valence-corrected chi connectivity index (χ1v) is 10.8. The van der Waals surface area contributed by atoms with Gasteiger partial charge >= 0.3 is 0 Å². The van der Waals surface area contributed by atoms with E-state index in [0.717, 1.165) is 11.1 Å². The smallest absolute Gasteiger partial charge is 0.238 e. The molecule has 0 aliphatic heterocycles. The van der Waals surface area contributed by atoms with Crippen LogP contribution in [0, 0.1) is 0 Å². The number of pyridine rings is 1. The lowest BCUT2D eigenvalue weighted by molar-refractivity contribution is 0.598. The highest BCUT2D eigenvalue weighted by atomic mass is 35.5. The van der Waals surface area contributed by atoms with Gasteiger partial charge in [-0.05, 0) is 29.8 Å². The predicted molar refractivity (Wildman–Crippen MR) is 117 cm³/mol. The number of sulfonamides is 1. The molecule has 0 bridgehead atoms. The van der Waals surface area contributed by atoms with Crippen molar-refractivity contribution in [2.24, 2.45) is 5.14 Å². The number of primary sulfonamides is 1. The Bertz CT molecular complexity index is 1330. The van der Waals surface area contributed by atoms with E-state index in [-0.39, 0.29) is 4.90 Å². The van der Waals surface area contributed by atoms with Gasteiger partial charge in [0.1, 0.15) is 11.3 Å². The minimum atomic E-state index is -3.72. The van der Waals surface area contributed by atoms with Gasteiger partial charge in [-0.15, -0.1) is 0 Å². The molecule has 0 radical (unpaired) electrons. The number of rotatable bonds is 5. The molecule has 0 saturated carbocycles.